The van der Waals surface area contributed by atoms with Crippen LogP contribution in [-0.2, 0) is 52.2 Å². The minimum atomic E-state index is -1.94. The average Bonchev–Trinajstić information content (AvgIpc) is 3.45. The largest absolute Gasteiger partial charge is 0.469 e. The van der Waals surface area contributed by atoms with E-state index in [9.17, 15) is 81.1 Å². The number of fused-ring (bicyclic) bond motifs is 7. The fourth-order valence-corrected chi connectivity index (χ4v) is 16.5. The van der Waals surface area contributed by atoms with Crippen LogP contribution in [0.3, 0.4) is 0 Å². The van der Waals surface area contributed by atoms with Crippen molar-refractivity contribution in [3.8, 4) is 0 Å². The van der Waals surface area contributed by atoms with Crippen molar-refractivity contribution in [2.24, 2.45) is 50.2 Å². The molecular formula is C54H86O25. The fourth-order valence-electron chi connectivity index (χ4n) is 16.5. The number of carbonyl (C=O) groups is 2. The summed E-state index contributed by atoms with van der Waals surface area (Å²) in [7, 11) is 1.34. The van der Waals surface area contributed by atoms with Crippen LogP contribution < -0.4 is 0 Å². The molecule has 4 heterocycles. The van der Waals surface area contributed by atoms with Gasteiger partial charge in [-0.3, -0.25) is 9.59 Å². The van der Waals surface area contributed by atoms with Crippen molar-refractivity contribution in [2.75, 3.05) is 40.1 Å². The molecule has 25 heteroatoms. The Kier molecular flexibility index (Phi) is 17.6. The van der Waals surface area contributed by atoms with Crippen molar-refractivity contribution in [3.05, 3.63) is 11.6 Å². The second kappa shape index (κ2) is 22.7. The predicted molar refractivity (Wildman–Crippen MR) is 265 cm³/mol. The van der Waals surface area contributed by atoms with Gasteiger partial charge in [-0.2, -0.15) is 0 Å². The van der Waals surface area contributed by atoms with Crippen molar-refractivity contribution < 1.29 is 124 Å². The van der Waals surface area contributed by atoms with Crippen LogP contribution in [0.2, 0.25) is 0 Å². The quantitative estimate of drug-likeness (QED) is 0.0489. The highest BCUT2D eigenvalue weighted by Crippen LogP contribution is 2.76. The first-order chi connectivity index (χ1) is 37.2. The van der Waals surface area contributed by atoms with Crippen molar-refractivity contribution >= 4 is 11.9 Å². The van der Waals surface area contributed by atoms with E-state index in [1.807, 2.05) is 13.8 Å². The van der Waals surface area contributed by atoms with Gasteiger partial charge < -0.3 is 114 Å². The van der Waals surface area contributed by atoms with Gasteiger partial charge in [0, 0.05) is 5.41 Å². The molecule has 0 amide bonds. The monoisotopic (exact) mass is 1130 g/mol. The van der Waals surface area contributed by atoms with Crippen LogP contribution >= 0.6 is 0 Å². The standard InChI is InChI=1S/C54H86O25/c1-49(47(69)71-6)13-15-54(48(70)79-45-39(67)36(64)33(61)27(19-56)74-45)16-14-52(4)23(24(54)17-49)7-8-30-50(2)11-10-31(51(3,22-58)29(50)9-12-53(30,52)5)76-43-40(68)41(25(59)21-72-43)77-46-42(37(65)34(62)28(20-57)75-46)78-44-38(66)35(63)32(60)26(18-55)73-44/h7,24-46,55-68H,8-22H2,1-6H3. The Bertz CT molecular complexity index is 2200. The Morgan fingerprint density at radius 2 is 1.15 bits per heavy atom. The molecule has 0 aromatic rings. The maximum absolute atomic E-state index is 14.9. The maximum atomic E-state index is 14.9. The van der Waals surface area contributed by atoms with E-state index in [1.165, 1.54) is 7.11 Å². The number of aliphatic hydroxyl groups excluding tert-OH is 14. The molecule has 79 heavy (non-hydrogen) atoms. The minimum Gasteiger partial charge on any atom is -0.469 e. The van der Waals surface area contributed by atoms with Crippen LogP contribution in [0.4, 0.5) is 0 Å². The molecule has 0 bridgehead atoms. The molecule has 0 radical (unpaired) electrons. The number of ether oxygens (including phenoxy) is 9. The van der Waals surface area contributed by atoms with E-state index in [0.29, 0.717) is 51.4 Å². The van der Waals surface area contributed by atoms with E-state index in [-0.39, 0.29) is 36.7 Å². The summed E-state index contributed by atoms with van der Waals surface area (Å²) in [6, 6.07) is 0. The molecule has 4 saturated carbocycles. The third kappa shape index (κ3) is 9.85. The van der Waals surface area contributed by atoms with E-state index >= 15 is 0 Å². The molecule has 4 saturated heterocycles. The van der Waals surface area contributed by atoms with Crippen LogP contribution in [0.5, 0.6) is 0 Å². The van der Waals surface area contributed by atoms with Crippen molar-refractivity contribution in [2.45, 2.75) is 222 Å². The van der Waals surface area contributed by atoms with Gasteiger partial charge in [0.1, 0.15) is 91.6 Å². The zero-order valence-electron chi connectivity index (χ0n) is 45.7. The molecule has 5 aliphatic carbocycles. The molecule has 25 nitrogen and oxygen atoms in total. The molecule has 0 spiro atoms. The second-order valence-electron chi connectivity index (χ2n) is 25.6. The molecule has 29 atom stereocenters. The lowest BCUT2D eigenvalue weighted by atomic mass is 9.33. The number of esters is 2. The summed E-state index contributed by atoms with van der Waals surface area (Å²) in [4.78, 5) is 28.4. The third-order valence-corrected chi connectivity index (χ3v) is 21.6. The number of hydrogen-bond donors (Lipinski definition) is 14. The Morgan fingerprint density at radius 1 is 0.582 bits per heavy atom. The third-order valence-electron chi connectivity index (χ3n) is 21.6. The van der Waals surface area contributed by atoms with Crippen LogP contribution in [0, 0.1) is 50.2 Å². The topological polar surface area (TPSA) is 400 Å². The van der Waals surface area contributed by atoms with Gasteiger partial charge in [-0.05, 0) is 105 Å². The molecular weight excluding hydrogens is 1050 g/mol. The SMILES string of the molecule is COC(=O)C1(C)CCC2(C(=O)OC3OC(CO)C(O)C(O)C3O)CCC3(C)C(=CCC4C5(C)CCC(OC6OCC(O)C(OC7OC(CO)C(O)C(O)C7OC7OC(CO)C(O)C(O)C7O)C6O)C(C)(CO)C5CCC43C)C2C1. The lowest BCUT2D eigenvalue weighted by molar-refractivity contribution is -0.387. The van der Waals surface area contributed by atoms with Gasteiger partial charge >= 0.3 is 11.9 Å². The molecule has 452 valence electrons. The van der Waals surface area contributed by atoms with E-state index in [4.69, 9.17) is 42.6 Å². The summed E-state index contributed by atoms with van der Waals surface area (Å²) < 4.78 is 52.8. The molecule has 14 N–H and O–H groups in total. The maximum Gasteiger partial charge on any atom is 0.315 e. The van der Waals surface area contributed by atoms with Gasteiger partial charge in [-0.15, -0.1) is 0 Å². The van der Waals surface area contributed by atoms with Crippen LogP contribution in [0.1, 0.15) is 98.8 Å². The number of hydrogen-bond acceptors (Lipinski definition) is 25. The molecule has 0 aromatic heterocycles. The number of allylic oxidation sites excluding steroid dienone is 2. The van der Waals surface area contributed by atoms with Crippen LogP contribution in [0.15, 0.2) is 11.6 Å². The Hall–Kier alpha value is -2.16. The number of rotatable bonds is 13. The zero-order chi connectivity index (χ0) is 57.7. The normalized spacial score (nSPS) is 53.8. The van der Waals surface area contributed by atoms with E-state index in [0.717, 1.165) is 5.57 Å². The summed E-state index contributed by atoms with van der Waals surface area (Å²) >= 11 is 0. The van der Waals surface area contributed by atoms with Crippen molar-refractivity contribution in [3.63, 3.8) is 0 Å². The molecule has 4 aliphatic heterocycles. The number of aliphatic hydroxyl groups is 14. The second-order valence-corrected chi connectivity index (χ2v) is 25.6. The van der Waals surface area contributed by atoms with Gasteiger partial charge in [0.2, 0.25) is 6.29 Å². The van der Waals surface area contributed by atoms with Gasteiger partial charge in [0.25, 0.3) is 0 Å². The summed E-state index contributed by atoms with van der Waals surface area (Å²) in [5.41, 5.74) is -3.32. The number of methoxy groups -OCH3 is 1. The Labute approximate surface area is 458 Å². The Morgan fingerprint density at radius 3 is 1.76 bits per heavy atom. The molecule has 29 unspecified atom stereocenters. The van der Waals surface area contributed by atoms with Crippen molar-refractivity contribution in [1.82, 2.24) is 0 Å². The first-order valence-corrected chi connectivity index (χ1v) is 28.0. The van der Waals surface area contributed by atoms with E-state index < -0.39 is 194 Å². The smallest absolute Gasteiger partial charge is 0.315 e. The summed E-state index contributed by atoms with van der Waals surface area (Å²) in [5, 5.41) is 150. The molecule has 0 aromatic carbocycles. The van der Waals surface area contributed by atoms with Gasteiger partial charge in [0.05, 0.1) is 57.1 Å². The highest BCUT2D eigenvalue weighted by Gasteiger charge is 2.71. The van der Waals surface area contributed by atoms with E-state index in [2.05, 4.69) is 26.8 Å². The first kappa shape index (κ1) is 61.4. The lowest BCUT2D eigenvalue weighted by Crippen LogP contribution is -2.67. The molecule has 8 fully saturated rings. The highest BCUT2D eigenvalue weighted by molar-refractivity contribution is 5.81. The van der Waals surface area contributed by atoms with Gasteiger partial charge in [0.15, 0.2) is 18.9 Å². The molecule has 9 aliphatic rings. The molecule has 9 rings (SSSR count). The summed E-state index contributed by atoms with van der Waals surface area (Å²) in [6.07, 6.45) is -25.9. The summed E-state index contributed by atoms with van der Waals surface area (Å²) in [6.45, 7) is 7.54. The summed E-state index contributed by atoms with van der Waals surface area (Å²) in [5.74, 6) is -1.69. The van der Waals surface area contributed by atoms with Crippen LogP contribution in [-0.4, -0.2) is 246 Å². The van der Waals surface area contributed by atoms with Gasteiger partial charge in [-0.25, -0.2) is 0 Å². The predicted octanol–water partition coefficient (Wildman–Crippen LogP) is -3.27. The van der Waals surface area contributed by atoms with E-state index in [1.54, 1.807) is 0 Å². The van der Waals surface area contributed by atoms with Gasteiger partial charge in [-0.1, -0.05) is 39.3 Å². The highest BCUT2D eigenvalue weighted by atomic mass is 16.8. The van der Waals surface area contributed by atoms with Crippen molar-refractivity contribution in [1.29, 1.82) is 0 Å². The lowest BCUT2D eigenvalue weighted by Gasteiger charge is -2.71. The average molecular weight is 1140 g/mol. The zero-order valence-corrected chi connectivity index (χ0v) is 45.7. The van der Waals surface area contributed by atoms with Crippen LogP contribution in [0.25, 0.3) is 0 Å². The minimum absolute atomic E-state index is 0.0400. The Balaban J connectivity index is 0.945. The first-order valence-electron chi connectivity index (χ1n) is 28.0. The fraction of sp³-hybridized carbons (Fsp3) is 0.926. The number of carbonyl (C=O) groups excluding carboxylic acids is 2.